The number of hydrogen-bond acceptors (Lipinski definition) is 5. The summed E-state index contributed by atoms with van der Waals surface area (Å²) in [6, 6.07) is 7.34. The molecule has 7 nitrogen and oxygen atoms in total. The highest BCUT2D eigenvalue weighted by Gasteiger charge is 2.44. The molecule has 166 valence electrons. The van der Waals surface area contributed by atoms with E-state index in [1.807, 2.05) is 33.0 Å². The molecule has 31 heavy (non-hydrogen) atoms. The van der Waals surface area contributed by atoms with E-state index >= 15 is 0 Å². The fourth-order valence-corrected chi connectivity index (χ4v) is 5.87. The van der Waals surface area contributed by atoms with Gasteiger partial charge in [-0.2, -0.15) is 4.31 Å². The molecule has 1 amide bonds. The molecule has 0 aliphatic carbocycles. The van der Waals surface area contributed by atoms with Gasteiger partial charge in [-0.3, -0.25) is 14.7 Å². The summed E-state index contributed by atoms with van der Waals surface area (Å²) in [6.45, 7) is 6.63. The second-order valence-corrected chi connectivity index (χ2v) is 11.3. The molecule has 3 heterocycles. The third-order valence-electron chi connectivity index (χ3n) is 6.44. The first-order chi connectivity index (χ1) is 14.6. The van der Waals surface area contributed by atoms with Crippen molar-refractivity contribution in [2.45, 2.75) is 38.8 Å². The Hall–Kier alpha value is -2.16. The van der Waals surface area contributed by atoms with Crippen molar-refractivity contribution in [1.82, 2.24) is 9.29 Å². The number of halogens is 1. The van der Waals surface area contributed by atoms with Crippen LogP contribution in [0.1, 0.15) is 43.1 Å². The SMILES string of the molecule is CCS(=O)(=O)N1CC[C@H](N(C)c2cncc(N3C(=O)c4ccc(Cl)cc4C3(C)C)c2)C1. The van der Waals surface area contributed by atoms with Crippen molar-refractivity contribution in [3.63, 3.8) is 0 Å². The molecule has 1 atom stereocenters. The van der Waals surface area contributed by atoms with Crippen LogP contribution in [-0.4, -0.2) is 55.5 Å². The Bertz CT molecular complexity index is 1140. The first kappa shape index (κ1) is 22.0. The zero-order valence-corrected chi connectivity index (χ0v) is 19.7. The standard InChI is InChI=1S/C22H27ClN4O3S/c1-5-31(29,30)26-9-8-16(14-26)25(4)17-11-18(13-24-12-17)27-21(28)19-7-6-15(23)10-20(19)22(27,2)3/h6-7,10-13,16H,5,8-9,14H2,1-4H3/t16-/m0/s1. The molecule has 1 fully saturated rings. The molecule has 2 aliphatic heterocycles. The van der Waals surface area contributed by atoms with Gasteiger partial charge in [0.05, 0.1) is 35.1 Å². The van der Waals surface area contributed by atoms with E-state index in [-0.39, 0.29) is 17.7 Å². The Morgan fingerprint density at radius 3 is 2.71 bits per heavy atom. The molecule has 9 heteroatoms. The normalized spacial score (nSPS) is 20.9. The lowest BCUT2D eigenvalue weighted by atomic mass is 9.93. The van der Waals surface area contributed by atoms with Gasteiger partial charge in [0.1, 0.15) is 0 Å². The Balaban J connectivity index is 1.62. The van der Waals surface area contributed by atoms with Crippen molar-refractivity contribution >= 4 is 38.9 Å². The minimum atomic E-state index is -3.20. The van der Waals surface area contributed by atoms with E-state index in [0.717, 1.165) is 17.7 Å². The number of nitrogens with zero attached hydrogens (tertiary/aromatic N) is 4. The maximum Gasteiger partial charge on any atom is 0.259 e. The van der Waals surface area contributed by atoms with Gasteiger partial charge in [-0.1, -0.05) is 11.6 Å². The highest BCUT2D eigenvalue weighted by Crippen LogP contribution is 2.43. The van der Waals surface area contributed by atoms with Gasteiger partial charge in [-0.15, -0.1) is 0 Å². The number of amides is 1. The molecule has 4 rings (SSSR count). The van der Waals surface area contributed by atoms with Gasteiger partial charge < -0.3 is 4.90 Å². The van der Waals surface area contributed by atoms with Crippen LogP contribution in [0.3, 0.4) is 0 Å². The summed E-state index contributed by atoms with van der Waals surface area (Å²) in [5.41, 5.74) is 2.50. The van der Waals surface area contributed by atoms with E-state index in [1.54, 1.807) is 40.7 Å². The number of hydrogen-bond donors (Lipinski definition) is 0. The van der Waals surface area contributed by atoms with Crippen molar-refractivity contribution in [3.8, 4) is 0 Å². The molecule has 0 radical (unpaired) electrons. The lowest BCUT2D eigenvalue weighted by molar-refractivity contribution is 0.0982. The van der Waals surface area contributed by atoms with E-state index < -0.39 is 15.6 Å². The Kier molecular flexibility index (Phi) is 5.52. The molecular weight excluding hydrogens is 436 g/mol. The molecular formula is C22H27ClN4O3S. The van der Waals surface area contributed by atoms with Gasteiger partial charge in [0.2, 0.25) is 10.0 Å². The number of rotatable bonds is 5. The number of pyridine rings is 1. The van der Waals surface area contributed by atoms with E-state index in [9.17, 15) is 13.2 Å². The van der Waals surface area contributed by atoms with Crippen molar-refractivity contribution < 1.29 is 13.2 Å². The highest BCUT2D eigenvalue weighted by molar-refractivity contribution is 7.89. The third kappa shape index (κ3) is 3.70. The second kappa shape index (κ2) is 7.76. The number of carbonyl (C=O) groups is 1. The number of fused-ring (bicyclic) bond motifs is 1. The first-order valence-electron chi connectivity index (χ1n) is 10.4. The van der Waals surface area contributed by atoms with Gasteiger partial charge in [0.25, 0.3) is 5.91 Å². The average Bonchev–Trinajstić information content (AvgIpc) is 3.30. The summed E-state index contributed by atoms with van der Waals surface area (Å²) in [4.78, 5) is 21.4. The zero-order valence-electron chi connectivity index (χ0n) is 18.2. The molecule has 2 aromatic rings. The zero-order chi connectivity index (χ0) is 22.6. The van der Waals surface area contributed by atoms with E-state index in [1.165, 1.54) is 0 Å². The summed E-state index contributed by atoms with van der Waals surface area (Å²) < 4.78 is 26.0. The predicted octanol–water partition coefficient (Wildman–Crippen LogP) is 3.49. The molecule has 0 bridgehead atoms. The summed E-state index contributed by atoms with van der Waals surface area (Å²) in [6.07, 6.45) is 4.18. The largest absolute Gasteiger partial charge is 0.369 e. The van der Waals surface area contributed by atoms with Gasteiger partial charge in [-0.25, -0.2) is 8.42 Å². The molecule has 1 saturated heterocycles. The fourth-order valence-electron chi connectivity index (χ4n) is 4.55. The van der Waals surface area contributed by atoms with Crippen LogP contribution in [0.5, 0.6) is 0 Å². The van der Waals surface area contributed by atoms with Gasteiger partial charge >= 0.3 is 0 Å². The number of anilines is 2. The monoisotopic (exact) mass is 462 g/mol. The van der Waals surface area contributed by atoms with Crippen molar-refractivity contribution in [2.24, 2.45) is 0 Å². The summed E-state index contributed by atoms with van der Waals surface area (Å²) in [5, 5.41) is 0.598. The second-order valence-electron chi connectivity index (χ2n) is 8.60. The molecule has 0 unspecified atom stereocenters. The van der Waals surface area contributed by atoms with Crippen molar-refractivity contribution in [2.75, 3.05) is 35.7 Å². The number of carbonyl (C=O) groups excluding carboxylic acids is 1. The van der Waals surface area contributed by atoms with Crippen LogP contribution in [-0.2, 0) is 15.6 Å². The summed E-state index contributed by atoms with van der Waals surface area (Å²) in [5.74, 6) is 0.0244. The summed E-state index contributed by atoms with van der Waals surface area (Å²) >= 11 is 6.19. The average molecular weight is 463 g/mol. The van der Waals surface area contributed by atoms with Gasteiger partial charge in [-0.05, 0) is 57.0 Å². The van der Waals surface area contributed by atoms with E-state index in [0.29, 0.717) is 29.4 Å². The molecule has 1 aromatic carbocycles. The first-order valence-corrected chi connectivity index (χ1v) is 12.3. The lowest BCUT2D eigenvalue weighted by Crippen LogP contribution is -2.40. The number of likely N-dealkylation sites (N-methyl/N-ethyl adjacent to an activating group) is 1. The Morgan fingerprint density at radius 1 is 1.26 bits per heavy atom. The lowest BCUT2D eigenvalue weighted by Gasteiger charge is -2.33. The van der Waals surface area contributed by atoms with Crippen LogP contribution in [0.25, 0.3) is 0 Å². The van der Waals surface area contributed by atoms with Gasteiger partial charge in [0.15, 0.2) is 0 Å². The van der Waals surface area contributed by atoms with Crippen LogP contribution < -0.4 is 9.80 Å². The number of aromatic nitrogens is 1. The summed E-state index contributed by atoms with van der Waals surface area (Å²) in [7, 11) is -1.25. The maximum absolute atomic E-state index is 13.2. The van der Waals surface area contributed by atoms with E-state index in [2.05, 4.69) is 9.88 Å². The smallest absolute Gasteiger partial charge is 0.259 e. The predicted molar refractivity (Wildman–Crippen MR) is 123 cm³/mol. The van der Waals surface area contributed by atoms with Gasteiger partial charge in [0, 0.05) is 36.8 Å². The fraction of sp³-hybridized carbons (Fsp3) is 0.455. The number of benzene rings is 1. The molecule has 1 aromatic heterocycles. The third-order valence-corrected chi connectivity index (χ3v) is 8.52. The van der Waals surface area contributed by atoms with Crippen LogP contribution >= 0.6 is 11.6 Å². The van der Waals surface area contributed by atoms with Crippen molar-refractivity contribution in [3.05, 3.63) is 52.8 Å². The topological polar surface area (TPSA) is 73.8 Å². The Morgan fingerprint density at radius 2 is 2.00 bits per heavy atom. The highest BCUT2D eigenvalue weighted by atomic mass is 35.5. The minimum absolute atomic E-state index is 0.0525. The maximum atomic E-state index is 13.2. The van der Waals surface area contributed by atoms with Crippen LogP contribution in [0, 0.1) is 0 Å². The molecule has 0 spiro atoms. The Labute approximate surface area is 188 Å². The van der Waals surface area contributed by atoms with Crippen LogP contribution in [0.15, 0.2) is 36.7 Å². The van der Waals surface area contributed by atoms with E-state index in [4.69, 9.17) is 11.6 Å². The quantitative estimate of drug-likeness (QED) is 0.680. The minimum Gasteiger partial charge on any atom is -0.369 e. The molecule has 2 aliphatic rings. The number of sulfonamides is 1. The molecule has 0 saturated carbocycles. The van der Waals surface area contributed by atoms with Crippen LogP contribution in [0.2, 0.25) is 5.02 Å². The molecule has 0 N–H and O–H groups in total. The van der Waals surface area contributed by atoms with Crippen molar-refractivity contribution in [1.29, 1.82) is 0 Å². The van der Waals surface area contributed by atoms with Crippen LogP contribution in [0.4, 0.5) is 11.4 Å².